The molecular weight excluding hydrogens is 488 g/mol. The van der Waals surface area contributed by atoms with Gasteiger partial charge in [-0.1, -0.05) is 25.1 Å². The molecule has 1 saturated heterocycles. The van der Waals surface area contributed by atoms with Gasteiger partial charge in [0.1, 0.15) is 6.54 Å². The largest absolute Gasteiger partial charge is 0.454 e. The zero-order chi connectivity index (χ0) is 26.6. The van der Waals surface area contributed by atoms with Crippen molar-refractivity contribution in [2.24, 2.45) is 0 Å². The van der Waals surface area contributed by atoms with E-state index in [0.717, 1.165) is 35.8 Å². The topological polar surface area (TPSA) is 112 Å². The van der Waals surface area contributed by atoms with Gasteiger partial charge in [-0.25, -0.2) is 4.79 Å². The predicted octanol–water partition coefficient (Wildman–Crippen LogP) is 2.39. The first-order valence-electron chi connectivity index (χ1n) is 13.1. The Hall–Kier alpha value is -4.08. The number of benzene rings is 2. The third-order valence-electron chi connectivity index (χ3n) is 7.33. The summed E-state index contributed by atoms with van der Waals surface area (Å²) in [5, 5.41) is 3.16. The number of nitrogens with one attached hydrogen (secondary N) is 1. The maximum absolute atomic E-state index is 13.5. The van der Waals surface area contributed by atoms with Crippen LogP contribution in [0.5, 0.6) is 11.5 Å². The number of para-hydroxylation sites is 1. The molecule has 0 spiro atoms. The fourth-order valence-electron chi connectivity index (χ4n) is 5.25. The van der Waals surface area contributed by atoms with Crippen LogP contribution >= 0.6 is 0 Å². The second kappa shape index (κ2) is 11.1. The number of nitrogens with zero attached hydrogens (tertiary/aromatic N) is 3. The Labute approximate surface area is 219 Å². The molecule has 1 N–H and O–H groups in total. The van der Waals surface area contributed by atoms with Crippen LogP contribution in [0.3, 0.4) is 0 Å². The van der Waals surface area contributed by atoms with Crippen molar-refractivity contribution in [2.45, 2.75) is 64.7 Å². The Kier molecular flexibility index (Phi) is 7.48. The van der Waals surface area contributed by atoms with E-state index in [1.807, 2.05) is 11.0 Å². The molecule has 2 amide bonds. The number of fused-ring (bicyclic) bond motifs is 2. The van der Waals surface area contributed by atoms with E-state index in [0.29, 0.717) is 28.9 Å². The quantitative estimate of drug-likeness (QED) is 0.488. The summed E-state index contributed by atoms with van der Waals surface area (Å²) in [7, 11) is 0. The number of amides is 2. The van der Waals surface area contributed by atoms with E-state index in [4.69, 9.17) is 9.47 Å². The zero-order valence-electron chi connectivity index (χ0n) is 21.5. The monoisotopic (exact) mass is 520 g/mol. The Balaban J connectivity index is 1.33. The number of carbonyl (C=O) groups excluding carboxylic acids is 2. The third-order valence-corrected chi connectivity index (χ3v) is 7.33. The summed E-state index contributed by atoms with van der Waals surface area (Å²) in [6, 6.07) is 12.4. The second-order valence-electron chi connectivity index (χ2n) is 9.70. The van der Waals surface area contributed by atoms with Gasteiger partial charge in [0.25, 0.3) is 5.56 Å². The lowest BCUT2D eigenvalue weighted by molar-refractivity contribution is -0.135. The second-order valence-corrected chi connectivity index (χ2v) is 9.70. The lowest BCUT2D eigenvalue weighted by atomic mass is 10.00. The van der Waals surface area contributed by atoms with Gasteiger partial charge in [0.2, 0.25) is 18.6 Å². The number of carbonyl (C=O) groups is 2. The predicted molar refractivity (Wildman–Crippen MR) is 141 cm³/mol. The first kappa shape index (κ1) is 25.6. The lowest BCUT2D eigenvalue weighted by Gasteiger charge is -2.35. The summed E-state index contributed by atoms with van der Waals surface area (Å²) in [6.07, 6.45) is 3.79. The molecule has 10 heteroatoms. The molecule has 0 radical (unpaired) electrons. The molecule has 10 nitrogen and oxygen atoms in total. The van der Waals surface area contributed by atoms with Crippen molar-refractivity contribution in [1.29, 1.82) is 0 Å². The molecule has 1 aromatic heterocycles. The number of hydrogen-bond acceptors (Lipinski definition) is 6. The Bertz CT molecular complexity index is 1480. The van der Waals surface area contributed by atoms with E-state index in [2.05, 4.69) is 12.2 Å². The molecule has 0 aliphatic carbocycles. The van der Waals surface area contributed by atoms with Gasteiger partial charge in [-0.2, -0.15) is 0 Å². The molecule has 0 bridgehead atoms. The van der Waals surface area contributed by atoms with E-state index in [9.17, 15) is 19.2 Å². The number of rotatable bonds is 8. The number of likely N-dealkylation sites (tertiary alicyclic amines) is 1. The average Bonchev–Trinajstić information content (AvgIpc) is 3.42. The minimum atomic E-state index is -0.587. The van der Waals surface area contributed by atoms with Gasteiger partial charge in [-0.3, -0.25) is 23.5 Å². The van der Waals surface area contributed by atoms with E-state index >= 15 is 0 Å². The molecular formula is C28H32N4O6. The highest BCUT2D eigenvalue weighted by molar-refractivity contribution is 5.82. The molecule has 2 aliphatic rings. The minimum Gasteiger partial charge on any atom is -0.454 e. The van der Waals surface area contributed by atoms with Crippen molar-refractivity contribution in [3.63, 3.8) is 0 Å². The number of piperidine rings is 1. The maximum atomic E-state index is 13.5. The summed E-state index contributed by atoms with van der Waals surface area (Å²) in [6.45, 7) is 2.95. The molecule has 0 unspecified atom stereocenters. The number of ether oxygens (including phenoxy) is 2. The van der Waals surface area contributed by atoms with E-state index < -0.39 is 11.2 Å². The van der Waals surface area contributed by atoms with Gasteiger partial charge in [0.05, 0.1) is 10.9 Å². The van der Waals surface area contributed by atoms with Crippen LogP contribution in [0.25, 0.3) is 10.9 Å². The van der Waals surface area contributed by atoms with Crippen LogP contribution in [-0.2, 0) is 29.2 Å². The molecule has 5 rings (SSSR count). The highest BCUT2D eigenvalue weighted by Crippen LogP contribution is 2.32. The van der Waals surface area contributed by atoms with Crippen LogP contribution in [0.2, 0.25) is 0 Å². The SMILES string of the molecule is CC[C@@H]1CCCCN1C(=O)Cn1c(=O)n(CCC(=O)NCc2ccc3c(c2)OCO3)c(=O)c2ccccc21. The Morgan fingerprint density at radius 1 is 1.03 bits per heavy atom. The van der Waals surface area contributed by atoms with E-state index in [-0.39, 0.29) is 50.7 Å². The zero-order valence-corrected chi connectivity index (χ0v) is 21.5. The molecule has 3 heterocycles. The fraction of sp³-hybridized carbons (Fsp3) is 0.429. The van der Waals surface area contributed by atoms with Crippen LogP contribution in [0.1, 0.15) is 44.6 Å². The smallest absolute Gasteiger partial charge is 0.331 e. The van der Waals surface area contributed by atoms with Gasteiger partial charge in [0.15, 0.2) is 11.5 Å². The first-order chi connectivity index (χ1) is 18.5. The van der Waals surface area contributed by atoms with Gasteiger partial charge in [-0.15, -0.1) is 0 Å². The lowest BCUT2D eigenvalue weighted by Crippen LogP contribution is -2.48. The standard InChI is InChI=1S/C28H32N4O6/c1-2-20-7-5-6-13-30(20)26(34)17-32-22-9-4-3-8-21(22)27(35)31(28(32)36)14-12-25(33)29-16-19-10-11-23-24(15-19)38-18-37-23/h3-4,8-11,15,20H,2,5-7,12-14,16-18H2,1H3,(H,29,33)/t20-/m1/s1. The molecule has 2 aromatic carbocycles. The van der Waals surface area contributed by atoms with Gasteiger partial charge in [0, 0.05) is 32.1 Å². The van der Waals surface area contributed by atoms with Crippen molar-refractivity contribution >= 4 is 22.7 Å². The van der Waals surface area contributed by atoms with Gasteiger partial charge >= 0.3 is 5.69 Å². The minimum absolute atomic E-state index is 0.0595. The van der Waals surface area contributed by atoms with Crippen molar-refractivity contribution in [2.75, 3.05) is 13.3 Å². The summed E-state index contributed by atoms with van der Waals surface area (Å²) < 4.78 is 13.1. The highest BCUT2D eigenvalue weighted by atomic mass is 16.7. The maximum Gasteiger partial charge on any atom is 0.331 e. The molecule has 200 valence electrons. The number of hydrogen-bond donors (Lipinski definition) is 1. The normalized spacial score (nSPS) is 16.6. The van der Waals surface area contributed by atoms with Gasteiger partial charge < -0.3 is 19.7 Å². The molecule has 38 heavy (non-hydrogen) atoms. The van der Waals surface area contributed by atoms with Crippen LogP contribution in [0.15, 0.2) is 52.1 Å². The van der Waals surface area contributed by atoms with E-state index in [1.54, 1.807) is 36.4 Å². The Morgan fingerprint density at radius 3 is 2.68 bits per heavy atom. The summed E-state index contributed by atoms with van der Waals surface area (Å²) >= 11 is 0. The van der Waals surface area contributed by atoms with Crippen LogP contribution in [0.4, 0.5) is 0 Å². The van der Waals surface area contributed by atoms with Crippen molar-refractivity contribution in [3.8, 4) is 11.5 Å². The van der Waals surface area contributed by atoms with E-state index in [1.165, 1.54) is 4.57 Å². The van der Waals surface area contributed by atoms with Crippen LogP contribution < -0.4 is 26.0 Å². The average molecular weight is 521 g/mol. The summed E-state index contributed by atoms with van der Waals surface area (Å²) in [5.41, 5.74) is 0.205. The van der Waals surface area contributed by atoms with Crippen LogP contribution in [-0.4, -0.2) is 45.2 Å². The molecule has 1 fully saturated rings. The van der Waals surface area contributed by atoms with Crippen LogP contribution in [0, 0.1) is 0 Å². The highest BCUT2D eigenvalue weighted by Gasteiger charge is 2.26. The molecule has 1 atom stereocenters. The molecule has 3 aromatic rings. The van der Waals surface area contributed by atoms with Gasteiger partial charge in [-0.05, 0) is 55.5 Å². The molecule has 2 aliphatic heterocycles. The number of aromatic nitrogens is 2. The third kappa shape index (κ3) is 5.16. The first-order valence-corrected chi connectivity index (χ1v) is 13.1. The molecule has 0 saturated carbocycles. The van der Waals surface area contributed by atoms with Crippen molar-refractivity contribution in [1.82, 2.24) is 19.4 Å². The van der Waals surface area contributed by atoms with Crippen molar-refractivity contribution < 1.29 is 19.1 Å². The Morgan fingerprint density at radius 2 is 1.84 bits per heavy atom. The summed E-state index contributed by atoms with van der Waals surface area (Å²) in [5.74, 6) is 0.861. The van der Waals surface area contributed by atoms with Crippen molar-refractivity contribution in [3.05, 3.63) is 68.9 Å². The summed E-state index contributed by atoms with van der Waals surface area (Å²) in [4.78, 5) is 54.4. The fourth-order valence-corrected chi connectivity index (χ4v) is 5.25.